The lowest BCUT2D eigenvalue weighted by molar-refractivity contribution is -0.126. The van der Waals surface area contributed by atoms with Crippen LogP contribution < -0.4 is 10.2 Å². The summed E-state index contributed by atoms with van der Waals surface area (Å²) in [5, 5.41) is 3.47. The molecule has 3 rings (SSSR count). The molecule has 0 radical (unpaired) electrons. The minimum atomic E-state index is -0.424. The molecular formula is C16H14Cl2N2O3. The summed E-state index contributed by atoms with van der Waals surface area (Å²) in [5.74, 6) is -0.0901. The second-order valence-electron chi connectivity index (χ2n) is 5.28. The van der Waals surface area contributed by atoms with Crippen molar-refractivity contribution in [3.63, 3.8) is 0 Å². The van der Waals surface area contributed by atoms with Gasteiger partial charge in [0.2, 0.25) is 11.8 Å². The van der Waals surface area contributed by atoms with Gasteiger partial charge in [-0.1, -0.05) is 29.3 Å². The predicted octanol–water partition coefficient (Wildman–Crippen LogP) is 3.26. The van der Waals surface area contributed by atoms with Gasteiger partial charge in [0.25, 0.3) is 0 Å². The average Bonchev–Trinajstić information content (AvgIpc) is 3.17. The van der Waals surface area contributed by atoms with Gasteiger partial charge in [-0.05, 0) is 24.3 Å². The van der Waals surface area contributed by atoms with Crippen LogP contribution >= 0.6 is 23.2 Å². The van der Waals surface area contributed by atoms with Crippen LogP contribution in [0.3, 0.4) is 0 Å². The summed E-state index contributed by atoms with van der Waals surface area (Å²) in [7, 11) is 0. The first kappa shape index (κ1) is 15.9. The summed E-state index contributed by atoms with van der Waals surface area (Å²) in [5.41, 5.74) is 0.533. The number of nitrogens with zero attached hydrogens (tertiary/aromatic N) is 1. The van der Waals surface area contributed by atoms with Gasteiger partial charge in [0.05, 0.1) is 34.5 Å². The highest BCUT2D eigenvalue weighted by Gasteiger charge is 2.36. The van der Waals surface area contributed by atoms with E-state index in [0.29, 0.717) is 28.0 Å². The average molecular weight is 353 g/mol. The highest BCUT2D eigenvalue weighted by Crippen LogP contribution is 2.35. The van der Waals surface area contributed by atoms with Gasteiger partial charge in [-0.25, -0.2) is 0 Å². The van der Waals surface area contributed by atoms with Crippen molar-refractivity contribution in [2.75, 3.05) is 11.4 Å². The first-order chi connectivity index (χ1) is 11.1. The SMILES string of the molecule is O=C(NCc1ccco1)[C@H]1CC(=O)N(c2cccc(Cl)c2Cl)C1. The lowest BCUT2D eigenvalue weighted by Gasteiger charge is -2.18. The van der Waals surface area contributed by atoms with Crippen LogP contribution in [0, 0.1) is 5.92 Å². The molecule has 120 valence electrons. The van der Waals surface area contributed by atoms with E-state index in [0.717, 1.165) is 0 Å². The Labute approximate surface area is 143 Å². The maximum Gasteiger partial charge on any atom is 0.227 e. The standard InChI is InChI=1S/C16H14Cl2N2O3/c17-12-4-1-5-13(15(12)18)20-9-10(7-14(20)21)16(22)19-8-11-3-2-6-23-11/h1-6,10H,7-9H2,(H,19,22)/t10-/m0/s1. The lowest BCUT2D eigenvalue weighted by Crippen LogP contribution is -2.32. The van der Waals surface area contributed by atoms with E-state index >= 15 is 0 Å². The third-order valence-corrected chi connectivity index (χ3v) is 4.54. The number of nitrogens with one attached hydrogen (secondary N) is 1. The van der Waals surface area contributed by atoms with E-state index < -0.39 is 5.92 Å². The first-order valence-electron chi connectivity index (χ1n) is 7.10. The van der Waals surface area contributed by atoms with E-state index in [2.05, 4.69) is 5.32 Å². The van der Waals surface area contributed by atoms with Gasteiger partial charge in [0, 0.05) is 13.0 Å². The maximum atomic E-state index is 12.2. The number of carbonyl (C=O) groups is 2. The molecule has 0 unspecified atom stereocenters. The Morgan fingerprint density at radius 2 is 2.13 bits per heavy atom. The van der Waals surface area contributed by atoms with Crippen molar-refractivity contribution in [3.8, 4) is 0 Å². The second-order valence-corrected chi connectivity index (χ2v) is 6.06. The quantitative estimate of drug-likeness (QED) is 0.918. The summed E-state index contributed by atoms with van der Waals surface area (Å²) < 4.78 is 5.16. The molecule has 0 saturated carbocycles. The fourth-order valence-corrected chi connectivity index (χ4v) is 2.95. The largest absolute Gasteiger partial charge is 0.467 e. The van der Waals surface area contributed by atoms with Crippen LogP contribution in [0.1, 0.15) is 12.2 Å². The number of furan rings is 1. The van der Waals surface area contributed by atoms with Crippen molar-refractivity contribution in [1.82, 2.24) is 5.32 Å². The molecule has 1 aromatic heterocycles. The molecule has 1 aliphatic rings. The minimum absolute atomic E-state index is 0.146. The number of hydrogen-bond acceptors (Lipinski definition) is 3. The topological polar surface area (TPSA) is 62.6 Å². The molecule has 1 atom stereocenters. The molecule has 1 aromatic carbocycles. The van der Waals surface area contributed by atoms with E-state index in [1.807, 2.05) is 0 Å². The van der Waals surface area contributed by atoms with Crippen molar-refractivity contribution in [3.05, 3.63) is 52.4 Å². The summed E-state index contributed by atoms with van der Waals surface area (Å²) in [6, 6.07) is 8.62. The zero-order chi connectivity index (χ0) is 16.4. The van der Waals surface area contributed by atoms with Crippen molar-refractivity contribution in [2.45, 2.75) is 13.0 Å². The van der Waals surface area contributed by atoms with E-state index in [1.165, 1.54) is 4.90 Å². The molecule has 1 saturated heterocycles. The molecule has 23 heavy (non-hydrogen) atoms. The molecule has 1 N–H and O–H groups in total. The fourth-order valence-electron chi connectivity index (χ4n) is 2.55. The molecule has 0 bridgehead atoms. The van der Waals surface area contributed by atoms with E-state index in [1.54, 1.807) is 36.6 Å². The summed E-state index contributed by atoms with van der Waals surface area (Å²) >= 11 is 12.1. The van der Waals surface area contributed by atoms with E-state index in [9.17, 15) is 9.59 Å². The zero-order valence-electron chi connectivity index (χ0n) is 12.1. The molecule has 1 aliphatic heterocycles. The summed E-state index contributed by atoms with van der Waals surface area (Å²) in [6.07, 6.45) is 1.69. The summed E-state index contributed by atoms with van der Waals surface area (Å²) in [6.45, 7) is 0.581. The molecular weight excluding hydrogens is 339 g/mol. The van der Waals surface area contributed by atoms with Gasteiger partial charge in [-0.3, -0.25) is 9.59 Å². The van der Waals surface area contributed by atoms with Gasteiger partial charge in [-0.15, -0.1) is 0 Å². The van der Waals surface area contributed by atoms with Crippen LogP contribution in [0.25, 0.3) is 0 Å². The fraction of sp³-hybridized carbons (Fsp3) is 0.250. The van der Waals surface area contributed by atoms with Crippen molar-refractivity contribution in [2.24, 2.45) is 5.92 Å². The Morgan fingerprint density at radius 3 is 2.87 bits per heavy atom. The lowest BCUT2D eigenvalue weighted by atomic mass is 10.1. The number of anilines is 1. The van der Waals surface area contributed by atoms with Gasteiger partial charge in [0.15, 0.2) is 0 Å². The molecule has 5 nitrogen and oxygen atoms in total. The minimum Gasteiger partial charge on any atom is -0.467 e. The van der Waals surface area contributed by atoms with Gasteiger partial charge in [0.1, 0.15) is 5.76 Å². The molecule has 2 heterocycles. The Balaban J connectivity index is 1.67. The van der Waals surface area contributed by atoms with Crippen LogP contribution in [0.4, 0.5) is 5.69 Å². The highest BCUT2D eigenvalue weighted by molar-refractivity contribution is 6.44. The van der Waals surface area contributed by atoms with Gasteiger partial charge in [-0.2, -0.15) is 0 Å². The van der Waals surface area contributed by atoms with Crippen LogP contribution in [-0.2, 0) is 16.1 Å². The molecule has 1 fully saturated rings. The monoisotopic (exact) mass is 352 g/mol. The number of halogens is 2. The number of benzene rings is 1. The Hall–Kier alpha value is -1.98. The Morgan fingerprint density at radius 1 is 1.30 bits per heavy atom. The Kier molecular flexibility index (Phi) is 4.59. The van der Waals surface area contributed by atoms with Crippen molar-refractivity contribution >= 4 is 40.7 Å². The number of amides is 2. The molecule has 0 aliphatic carbocycles. The highest BCUT2D eigenvalue weighted by atomic mass is 35.5. The third kappa shape index (κ3) is 3.35. The molecule has 2 amide bonds. The zero-order valence-corrected chi connectivity index (χ0v) is 13.6. The molecule has 0 spiro atoms. The van der Waals surface area contributed by atoms with Crippen LogP contribution in [0.5, 0.6) is 0 Å². The molecule has 2 aromatic rings. The van der Waals surface area contributed by atoms with Crippen LogP contribution in [0.15, 0.2) is 41.0 Å². The van der Waals surface area contributed by atoms with Gasteiger partial charge >= 0.3 is 0 Å². The normalized spacial score (nSPS) is 17.6. The smallest absolute Gasteiger partial charge is 0.227 e. The molecule has 7 heteroatoms. The van der Waals surface area contributed by atoms with Crippen LogP contribution in [0.2, 0.25) is 10.0 Å². The first-order valence-corrected chi connectivity index (χ1v) is 7.86. The number of rotatable bonds is 4. The maximum absolute atomic E-state index is 12.2. The van der Waals surface area contributed by atoms with E-state index in [-0.39, 0.29) is 24.8 Å². The third-order valence-electron chi connectivity index (χ3n) is 3.73. The summed E-state index contributed by atoms with van der Waals surface area (Å²) in [4.78, 5) is 25.9. The number of carbonyl (C=O) groups excluding carboxylic acids is 2. The van der Waals surface area contributed by atoms with E-state index in [4.69, 9.17) is 27.6 Å². The number of hydrogen-bond donors (Lipinski definition) is 1. The Bertz CT molecular complexity index is 731. The van der Waals surface area contributed by atoms with Crippen molar-refractivity contribution < 1.29 is 14.0 Å². The second kappa shape index (κ2) is 6.64. The van der Waals surface area contributed by atoms with Crippen molar-refractivity contribution in [1.29, 1.82) is 0 Å². The van der Waals surface area contributed by atoms with Gasteiger partial charge < -0.3 is 14.6 Å². The predicted molar refractivity (Wildman–Crippen MR) is 87.5 cm³/mol. The van der Waals surface area contributed by atoms with Crippen LogP contribution in [-0.4, -0.2) is 18.4 Å².